The van der Waals surface area contributed by atoms with Crippen molar-refractivity contribution in [3.8, 4) is 0 Å². The largest absolute Gasteiger partial charge is 0.446 e. The second kappa shape index (κ2) is 32.6. The number of nitrogens with one attached hydrogen (secondary N) is 4. The molecule has 0 radical (unpaired) electrons. The number of rotatable bonds is 23. The normalized spacial score (nSPS) is 14.7. The van der Waals surface area contributed by atoms with Gasteiger partial charge in [-0.2, -0.15) is 0 Å². The molecule has 15 heteroatoms. The fourth-order valence-corrected chi connectivity index (χ4v) is 7.14. The standard InChI is InChI=1S/C29H43N3O4.C16H33N3O4S.2C2H6/c1-6-9-16-26(27(33)28(34)30-17-7-2)31-22(5)21(4)19-25(8-3)36-29(35)32-18-12-15-23-13-10-11-14-24(23)20-32;1-11(2)13(10-19(7)24(8,22)23)18-14(21)9-17-15(12(3)20)16(4,5)6;2*1-2/h7,10-11,13-14,21,25-26,31H,2,5-6,8-9,12,15-20H2,1,3-4H3,(H,30,34);11,13,15,17H,9-10H2,1-8H3,(H,18,21);2*1-2H3/t21?,25-,26?;;;/m0.../s1. The molecule has 5 atom stereocenters. The number of sulfonamides is 1. The first kappa shape index (κ1) is 62.0. The van der Waals surface area contributed by atoms with Crippen molar-refractivity contribution in [3.05, 3.63) is 60.3 Å². The number of ketones is 2. The molecule has 368 valence electrons. The molecular weight excluding hydrogens is 833 g/mol. The third-order valence-electron chi connectivity index (χ3n) is 10.6. The summed E-state index contributed by atoms with van der Waals surface area (Å²) >= 11 is 0. The van der Waals surface area contributed by atoms with Crippen molar-refractivity contribution in [1.29, 1.82) is 0 Å². The van der Waals surface area contributed by atoms with E-state index in [9.17, 15) is 32.4 Å². The third-order valence-corrected chi connectivity index (χ3v) is 11.9. The van der Waals surface area contributed by atoms with Crippen molar-refractivity contribution in [3.63, 3.8) is 0 Å². The number of amides is 3. The van der Waals surface area contributed by atoms with Crippen LogP contribution in [-0.4, -0.2) is 111 Å². The number of unbranched alkanes of at least 4 members (excludes halogenated alkanes) is 1. The molecule has 2 rings (SSSR count). The maximum Gasteiger partial charge on any atom is 0.410 e. The molecule has 0 aromatic heterocycles. The van der Waals surface area contributed by atoms with Crippen molar-refractivity contribution in [2.24, 2.45) is 17.3 Å². The van der Waals surface area contributed by atoms with Gasteiger partial charge >= 0.3 is 6.09 Å². The molecule has 64 heavy (non-hydrogen) atoms. The van der Waals surface area contributed by atoms with Crippen LogP contribution in [0.1, 0.15) is 140 Å². The van der Waals surface area contributed by atoms with Crippen molar-refractivity contribution in [2.75, 3.05) is 39.5 Å². The van der Waals surface area contributed by atoms with Gasteiger partial charge in [0.25, 0.3) is 5.91 Å². The Balaban J connectivity index is 0. The van der Waals surface area contributed by atoms with Crippen LogP contribution in [0.5, 0.6) is 0 Å². The van der Waals surface area contributed by atoms with E-state index in [1.165, 1.54) is 35.5 Å². The van der Waals surface area contributed by atoms with Gasteiger partial charge < -0.3 is 25.6 Å². The van der Waals surface area contributed by atoms with Crippen LogP contribution in [0.4, 0.5) is 4.79 Å². The van der Waals surface area contributed by atoms with Gasteiger partial charge in [0.05, 0.1) is 24.9 Å². The maximum atomic E-state index is 13.0. The SMILES string of the molecule is C=CCNC(=O)C(=O)C(CCCC)NC(=C)C(C)C[C@H](CC)OC(=O)N1CCCc2ccccc2C1.CC.CC.CC(=O)C(NCC(=O)NC(CN(C)S(C)(=O)=O)C(C)C)C(C)(C)C. The molecule has 1 aliphatic rings. The Morgan fingerprint density at radius 1 is 0.984 bits per heavy atom. The molecule has 1 heterocycles. The summed E-state index contributed by atoms with van der Waals surface area (Å²) in [4.78, 5) is 63.6. The van der Waals surface area contributed by atoms with Crippen LogP contribution in [0, 0.1) is 17.3 Å². The zero-order chi connectivity index (χ0) is 49.8. The van der Waals surface area contributed by atoms with Crippen LogP contribution in [0.3, 0.4) is 0 Å². The number of hydrogen-bond acceptors (Lipinski definition) is 10. The number of carbonyl (C=O) groups is 5. The summed E-state index contributed by atoms with van der Waals surface area (Å²) < 4.78 is 30.2. The second-order valence-corrected chi connectivity index (χ2v) is 19.4. The lowest BCUT2D eigenvalue weighted by molar-refractivity contribution is -0.139. The number of allylic oxidation sites excluding steroid dienone is 1. The minimum atomic E-state index is -3.30. The Morgan fingerprint density at radius 3 is 2.08 bits per heavy atom. The molecule has 0 fully saturated rings. The summed E-state index contributed by atoms with van der Waals surface area (Å²) in [5.74, 6) is -1.38. The first-order valence-corrected chi connectivity index (χ1v) is 25.2. The lowest BCUT2D eigenvalue weighted by atomic mass is 9.84. The van der Waals surface area contributed by atoms with Gasteiger partial charge in [0, 0.05) is 45.0 Å². The summed E-state index contributed by atoms with van der Waals surface area (Å²) in [5.41, 5.74) is 2.84. The van der Waals surface area contributed by atoms with E-state index in [1.54, 1.807) is 4.90 Å². The van der Waals surface area contributed by atoms with Crippen LogP contribution >= 0.6 is 0 Å². The zero-order valence-corrected chi connectivity index (χ0v) is 43.1. The molecule has 0 bridgehead atoms. The highest BCUT2D eigenvalue weighted by Gasteiger charge is 2.30. The molecule has 3 amide bonds. The highest BCUT2D eigenvalue weighted by Crippen LogP contribution is 2.23. The molecule has 14 nitrogen and oxygen atoms in total. The van der Waals surface area contributed by atoms with Gasteiger partial charge in [0.15, 0.2) is 0 Å². The van der Waals surface area contributed by atoms with Crippen molar-refractivity contribution >= 4 is 39.5 Å². The minimum Gasteiger partial charge on any atom is -0.446 e. The van der Waals surface area contributed by atoms with E-state index in [-0.39, 0.29) is 66.8 Å². The zero-order valence-electron chi connectivity index (χ0n) is 42.3. The third kappa shape index (κ3) is 24.3. The number of carbonyl (C=O) groups excluding carboxylic acids is 5. The van der Waals surface area contributed by atoms with Gasteiger partial charge in [0.1, 0.15) is 11.9 Å². The van der Waals surface area contributed by atoms with Gasteiger partial charge in [-0.1, -0.05) is 133 Å². The first-order chi connectivity index (χ1) is 30.0. The van der Waals surface area contributed by atoms with E-state index in [4.69, 9.17) is 4.74 Å². The number of nitrogens with zero attached hydrogens (tertiary/aromatic N) is 2. The van der Waals surface area contributed by atoms with Gasteiger partial charge in [-0.15, -0.1) is 6.58 Å². The Morgan fingerprint density at radius 2 is 1.58 bits per heavy atom. The molecule has 0 aliphatic carbocycles. The monoisotopic (exact) mass is 921 g/mol. The van der Waals surface area contributed by atoms with Crippen molar-refractivity contribution < 1.29 is 37.1 Å². The highest BCUT2D eigenvalue weighted by atomic mass is 32.2. The summed E-state index contributed by atoms with van der Waals surface area (Å²) in [6, 6.07) is 6.89. The Labute approximate surface area is 388 Å². The van der Waals surface area contributed by atoms with Crippen LogP contribution in [-0.2, 0) is 46.9 Å². The minimum absolute atomic E-state index is 0.00727. The number of ether oxygens (including phenoxy) is 1. The Kier molecular flexibility index (Phi) is 31.5. The topological polar surface area (TPSA) is 183 Å². The molecule has 4 N–H and O–H groups in total. The molecule has 4 unspecified atom stereocenters. The average Bonchev–Trinajstić information content (AvgIpc) is 3.47. The predicted molar refractivity (Wildman–Crippen MR) is 262 cm³/mol. The van der Waals surface area contributed by atoms with E-state index in [0.29, 0.717) is 38.0 Å². The van der Waals surface area contributed by atoms with Crippen LogP contribution in [0.15, 0.2) is 49.2 Å². The Hall–Kier alpha value is -4.08. The lowest BCUT2D eigenvalue weighted by Gasteiger charge is -2.30. The van der Waals surface area contributed by atoms with Gasteiger partial charge in [-0.25, -0.2) is 17.5 Å². The summed E-state index contributed by atoms with van der Waals surface area (Å²) in [5, 5.41) is 11.6. The molecule has 0 spiro atoms. The number of benzene rings is 1. The molecular formula is C49H88N6O8S. The smallest absolute Gasteiger partial charge is 0.410 e. The van der Waals surface area contributed by atoms with E-state index < -0.39 is 33.8 Å². The van der Waals surface area contributed by atoms with Gasteiger partial charge in [-0.3, -0.25) is 24.5 Å². The van der Waals surface area contributed by atoms with Crippen LogP contribution < -0.4 is 21.3 Å². The molecule has 1 aromatic carbocycles. The van der Waals surface area contributed by atoms with E-state index in [2.05, 4.69) is 46.6 Å². The summed E-state index contributed by atoms with van der Waals surface area (Å²) in [6.45, 7) is 34.6. The molecule has 1 aliphatic heterocycles. The highest BCUT2D eigenvalue weighted by molar-refractivity contribution is 7.88. The number of hydrogen-bond donors (Lipinski definition) is 4. The van der Waals surface area contributed by atoms with Gasteiger partial charge in [0.2, 0.25) is 21.7 Å². The van der Waals surface area contributed by atoms with Gasteiger partial charge in [-0.05, 0) is 67.4 Å². The summed E-state index contributed by atoms with van der Waals surface area (Å²) in [6.07, 6.45) is 7.51. The molecule has 0 saturated carbocycles. The quantitative estimate of drug-likeness (QED) is 0.0631. The van der Waals surface area contributed by atoms with E-state index in [1.807, 2.05) is 95.2 Å². The number of likely N-dealkylation sites (N-methyl/N-ethyl adjacent to an activating group) is 1. The fourth-order valence-electron chi connectivity index (χ4n) is 6.71. The average molecular weight is 921 g/mol. The predicted octanol–water partition coefficient (Wildman–Crippen LogP) is 7.57. The first-order valence-electron chi connectivity index (χ1n) is 23.3. The Bertz CT molecular complexity index is 1690. The second-order valence-electron chi connectivity index (χ2n) is 17.3. The molecule has 0 saturated heterocycles. The fraction of sp³-hybridized carbons (Fsp3) is 0.694. The number of fused-ring (bicyclic) bond motifs is 1. The maximum absolute atomic E-state index is 13.0. The van der Waals surface area contributed by atoms with Crippen molar-refractivity contribution in [2.45, 2.75) is 166 Å². The molecule has 1 aromatic rings. The van der Waals surface area contributed by atoms with E-state index >= 15 is 0 Å². The number of Topliss-reactive ketones (excluding diaryl/α,β-unsaturated/α-hetero) is 2. The lowest BCUT2D eigenvalue weighted by Crippen LogP contribution is -2.52. The van der Waals surface area contributed by atoms with E-state index in [0.717, 1.165) is 31.9 Å². The van der Waals surface area contributed by atoms with Crippen molar-refractivity contribution in [1.82, 2.24) is 30.5 Å². The summed E-state index contributed by atoms with van der Waals surface area (Å²) in [7, 11) is -1.82. The van der Waals surface area contributed by atoms with Crippen LogP contribution in [0.25, 0.3) is 0 Å². The van der Waals surface area contributed by atoms with Crippen LogP contribution in [0.2, 0.25) is 0 Å². The number of aryl methyl sites for hydroxylation is 1.